The molecule has 8 heteroatoms. The Morgan fingerprint density at radius 3 is 2.33 bits per heavy atom. The largest absolute Gasteiger partial charge is 0.475 e. The van der Waals surface area contributed by atoms with E-state index in [0.29, 0.717) is 12.5 Å². The number of amides is 2. The highest BCUT2D eigenvalue weighted by Crippen LogP contribution is 2.41. The molecule has 30 heavy (non-hydrogen) atoms. The number of allylic oxidation sites excluding steroid dienone is 1. The molecule has 4 rings (SSSR count). The van der Waals surface area contributed by atoms with E-state index in [9.17, 15) is 10.0 Å². The Bertz CT molecular complexity index is 887. The second kappa shape index (κ2) is 7.94. The minimum Gasteiger partial charge on any atom is -0.475 e. The lowest BCUT2D eigenvalue weighted by Gasteiger charge is -2.31. The highest BCUT2D eigenvalue weighted by atomic mass is 16.6. The summed E-state index contributed by atoms with van der Waals surface area (Å²) in [7, 11) is 1.84. The van der Waals surface area contributed by atoms with Crippen LogP contribution in [0.5, 0.6) is 0 Å². The number of carbonyl (C=O) groups is 1. The Labute approximate surface area is 177 Å². The fourth-order valence-electron chi connectivity index (χ4n) is 5.06. The molecule has 1 unspecified atom stereocenters. The zero-order valence-electron chi connectivity index (χ0n) is 17.9. The third kappa shape index (κ3) is 3.55. The highest BCUT2D eigenvalue weighted by Gasteiger charge is 2.36. The summed E-state index contributed by atoms with van der Waals surface area (Å²) in [4.78, 5) is 13.4. The monoisotopic (exact) mass is 414 g/mol. The Kier molecular flexibility index (Phi) is 5.48. The van der Waals surface area contributed by atoms with Gasteiger partial charge in [-0.1, -0.05) is 6.58 Å². The maximum absolute atomic E-state index is 12.9. The Morgan fingerprint density at radius 2 is 1.77 bits per heavy atom. The average Bonchev–Trinajstić information content (AvgIpc) is 3.36. The van der Waals surface area contributed by atoms with Crippen LogP contribution in [0.2, 0.25) is 0 Å². The number of urea groups is 1. The zero-order valence-corrected chi connectivity index (χ0v) is 17.9. The van der Waals surface area contributed by atoms with E-state index >= 15 is 0 Å². The van der Waals surface area contributed by atoms with Crippen molar-refractivity contribution in [1.29, 1.82) is 0 Å². The lowest BCUT2D eigenvalue weighted by molar-refractivity contribution is -1.11. The lowest BCUT2D eigenvalue weighted by atomic mass is 9.93. The molecule has 1 aromatic rings. The van der Waals surface area contributed by atoms with Gasteiger partial charge >= 0.3 is 6.03 Å². The van der Waals surface area contributed by atoms with Gasteiger partial charge < -0.3 is 15.0 Å². The van der Waals surface area contributed by atoms with Crippen molar-refractivity contribution in [2.75, 3.05) is 25.5 Å². The Morgan fingerprint density at radius 1 is 1.17 bits per heavy atom. The molecule has 1 atom stereocenters. The molecule has 1 saturated heterocycles. The lowest BCUT2D eigenvalue weighted by Crippen LogP contribution is -2.63. The number of carbonyl (C=O) groups excluding carboxylic acids is 1. The van der Waals surface area contributed by atoms with Crippen molar-refractivity contribution in [3.63, 3.8) is 0 Å². The van der Waals surface area contributed by atoms with Gasteiger partial charge in [-0.15, -0.1) is 11.3 Å². The van der Waals surface area contributed by atoms with E-state index in [1.807, 2.05) is 11.9 Å². The van der Waals surface area contributed by atoms with E-state index < -0.39 is 10.9 Å². The molecular weight excluding hydrogens is 382 g/mol. The standard InChI is InChI=1S/C22H31N5O3/c1-4-19(21-26(3)12-7-13-30-21)27(23,29)25-22(28)24-20-17-10-5-8-15(17)14(2)16-9-6-11-18(16)20/h4,29H,1,5-13,23H2,2-3H3,(H-,24,25,28)/p+1/b21-19-. The molecule has 162 valence electrons. The minimum absolute atomic E-state index is 0.173. The smallest absolute Gasteiger partial charge is 0.368 e. The summed E-state index contributed by atoms with van der Waals surface area (Å²) in [6, 6.07) is -0.564. The van der Waals surface area contributed by atoms with E-state index in [4.69, 9.17) is 10.6 Å². The molecular formula is C22H32N5O3+. The van der Waals surface area contributed by atoms with Gasteiger partial charge in [-0.3, -0.25) is 0 Å². The van der Waals surface area contributed by atoms with Gasteiger partial charge in [0, 0.05) is 30.2 Å². The first kappa shape index (κ1) is 20.7. The predicted molar refractivity (Wildman–Crippen MR) is 114 cm³/mol. The average molecular weight is 415 g/mol. The van der Waals surface area contributed by atoms with Crippen LogP contribution in [0, 0.1) is 6.92 Å². The number of fused-ring (bicyclic) bond motifs is 2. The molecule has 0 saturated carbocycles. The summed E-state index contributed by atoms with van der Waals surface area (Å²) in [5, 5.41) is 13.8. The van der Waals surface area contributed by atoms with Crippen LogP contribution in [-0.2, 0) is 30.4 Å². The number of hydrogen-bond acceptors (Lipinski definition) is 5. The van der Waals surface area contributed by atoms with Crippen LogP contribution >= 0.6 is 0 Å². The summed E-state index contributed by atoms with van der Waals surface area (Å²) in [6.45, 7) is 7.23. The van der Waals surface area contributed by atoms with Crippen LogP contribution in [0.3, 0.4) is 0 Å². The molecule has 1 aromatic carbocycles. The number of rotatable bonds is 4. The molecule has 2 aliphatic carbocycles. The maximum atomic E-state index is 12.9. The molecule has 1 fully saturated rings. The number of nitrogens with one attached hydrogen (secondary N) is 2. The number of hydroxylamine groups is 1. The fraction of sp³-hybridized carbons (Fsp3) is 0.500. The molecule has 0 bridgehead atoms. The van der Waals surface area contributed by atoms with Crippen molar-refractivity contribution in [1.82, 2.24) is 10.3 Å². The van der Waals surface area contributed by atoms with Crippen LogP contribution in [0.1, 0.15) is 47.1 Å². The van der Waals surface area contributed by atoms with Crippen molar-refractivity contribution in [2.24, 2.45) is 5.84 Å². The van der Waals surface area contributed by atoms with Crippen LogP contribution in [0.25, 0.3) is 0 Å². The number of ether oxygens (including phenoxy) is 1. The van der Waals surface area contributed by atoms with E-state index in [2.05, 4.69) is 24.2 Å². The molecule has 0 radical (unpaired) electrons. The van der Waals surface area contributed by atoms with Gasteiger partial charge in [0.2, 0.25) is 0 Å². The van der Waals surface area contributed by atoms with Gasteiger partial charge in [0.25, 0.3) is 11.6 Å². The number of quaternary nitrogens is 1. The van der Waals surface area contributed by atoms with Crippen LogP contribution in [-0.4, -0.2) is 41.2 Å². The Hall–Kier alpha value is -2.55. The van der Waals surface area contributed by atoms with Crippen LogP contribution in [0.15, 0.2) is 24.2 Å². The predicted octanol–water partition coefficient (Wildman–Crippen LogP) is 2.80. The first-order valence-electron chi connectivity index (χ1n) is 10.7. The highest BCUT2D eigenvalue weighted by molar-refractivity contribution is 5.91. The fourth-order valence-corrected chi connectivity index (χ4v) is 5.06. The topological polar surface area (TPSA) is 99.8 Å². The minimum atomic E-state index is -1.34. The number of anilines is 1. The summed E-state index contributed by atoms with van der Waals surface area (Å²) < 4.78 is 5.67. The van der Waals surface area contributed by atoms with Crippen molar-refractivity contribution >= 4 is 11.7 Å². The number of benzene rings is 1. The van der Waals surface area contributed by atoms with Gasteiger partial charge in [0.15, 0.2) is 0 Å². The van der Waals surface area contributed by atoms with E-state index in [0.717, 1.165) is 57.2 Å². The molecule has 0 spiro atoms. The van der Waals surface area contributed by atoms with E-state index in [1.165, 1.54) is 33.9 Å². The van der Waals surface area contributed by atoms with Crippen LogP contribution < -0.4 is 16.6 Å². The number of nitrogens with zero attached hydrogens (tertiary/aromatic N) is 2. The molecule has 0 aromatic heterocycles. The summed E-state index contributed by atoms with van der Waals surface area (Å²) in [6.07, 6.45) is 8.50. The maximum Gasteiger partial charge on any atom is 0.368 e. The normalized spacial score (nSPS) is 21.3. The van der Waals surface area contributed by atoms with Gasteiger partial charge in [-0.25, -0.2) is 4.79 Å². The second-order valence-electron chi connectivity index (χ2n) is 8.39. The van der Waals surface area contributed by atoms with Gasteiger partial charge in [-0.05, 0) is 79.7 Å². The van der Waals surface area contributed by atoms with Crippen molar-refractivity contribution < 1.29 is 19.6 Å². The summed E-state index contributed by atoms with van der Waals surface area (Å²) >= 11 is 0. The third-order valence-electron chi connectivity index (χ3n) is 6.46. The van der Waals surface area contributed by atoms with Gasteiger partial charge in [0.05, 0.1) is 6.61 Å². The Balaban J connectivity index is 1.60. The zero-order chi connectivity index (χ0) is 21.5. The van der Waals surface area contributed by atoms with E-state index in [1.54, 1.807) is 0 Å². The number of hydrogen-bond donors (Lipinski definition) is 4. The number of nitrogens with two attached hydrogens (primary N) is 1. The molecule has 1 aliphatic heterocycles. The molecule has 1 heterocycles. The quantitative estimate of drug-likeness (QED) is 0.345. The van der Waals surface area contributed by atoms with Crippen molar-refractivity contribution in [3.05, 3.63) is 52.1 Å². The van der Waals surface area contributed by atoms with Crippen molar-refractivity contribution in [3.8, 4) is 0 Å². The molecule has 2 amide bonds. The first-order valence-corrected chi connectivity index (χ1v) is 10.7. The molecule has 5 N–H and O–H groups in total. The summed E-state index contributed by atoms with van der Waals surface area (Å²) in [5.41, 5.74) is 10.1. The second-order valence-corrected chi connectivity index (χ2v) is 8.39. The van der Waals surface area contributed by atoms with Gasteiger partial charge in [-0.2, -0.15) is 5.21 Å². The third-order valence-corrected chi connectivity index (χ3v) is 6.46. The first-order chi connectivity index (χ1) is 14.3. The SMILES string of the molecule is C=C/C(=C1/OCCCN1C)[N+](N)(O)NC(=O)Nc1c2c(c(C)c3c1CCC3)CCC2. The van der Waals surface area contributed by atoms with Crippen molar-refractivity contribution in [2.45, 2.75) is 51.9 Å². The van der Waals surface area contributed by atoms with Gasteiger partial charge in [0.1, 0.15) is 0 Å². The molecule has 8 nitrogen and oxygen atoms in total. The molecule has 3 aliphatic rings. The van der Waals surface area contributed by atoms with Crippen LogP contribution in [0.4, 0.5) is 10.5 Å². The summed E-state index contributed by atoms with van der Waals surface area (Å²) in [5.74, 6) is 6.46. The van der Waals surface area contributed by atoms with E-state index in [-0.39, 0.29) is 5.70 Å².